The van der Waals surface area contributed by atoms with Gasteiger partial charge in [0.05, 0.1) is 5.69 Å². The summed E-state index contributed by atoms with van der Waals surface area (Å²) in [6, 6.07) is -1.02. The third kappa shape index (κ3) is 6.59. The molecule has 0 aliphatic heterocycles. The fraction of sp³-hybridized carbons (Fsp3) is 0.500. The summed E-state index contributed by atoms with van der Waals surface area (Å²) in [5, 5.41) is 24.5. The lowest BCUT2D eigenvalue weighted by molar-refractivity contribution is 0.239. The van der Waals surface area contributed by atoms with Crippen molar-refractivity contribution in [3.05, 3.63) is 6.07 Å². The van der Waals surface area contributed by atoms with Crippen LogP contribution in [0.3, 0.4) is 0 Å². The number of urea groups is 1. The highest BCUT2D eigenvalue weighted by Gasteiger charge is 2.38. The summed E-state index contributed by atoms with van der Waals surface area (Å²) in [5.41, 5.74) is -0.986. The van der Waals surface area contributed by atoms with Gasteiger partial charge in [-0.05, 0) is 37.7 Å². The minimum Gasteiger partial charge on any atom is -0.335 e. The van der Waals surface area contributed by atoms with Gasteiger partial charge >= 0.3 is 6.03 Å². The normalized spacial score (nSPS) is 20.3. The molecule has 1 aliphatic rings. The number of hydrogen-bond donors (Lipinski definition) is 6. The molecule has 33 heavy (non-hydrogen) atoms. The van der Waals surface area contributed by atoms with E-state index in [1.54, 1.807) is 0 Å². The van der Waals surface area contributed by atoms with Gasteiger partial charge in [0.2, 0.25) is 40.1 Å². The van der Waals surface area contributed by atoms with E-state index in [0.717, 1.165) is 12.8 Å². The van der Waals surface area contributed by atoms with Crippen molar-refractivity contribution >= 4 is 51.8 Å². The zero-order valence-electron chi connectivity index (χ0n) is 17.2. The number of anilines is 1. The smallest absolute Gasteiger partial charge is 0.319 e. The van der Waals surface area contributed by atoms with Gasteiger partial charge in [-0.1, -0.05) is 6.92 Å². The third-order valence-electron chi connectivity index (χ3n) is 4.92. The fourth-order valence-electron chi connectivity index (χ4n) is 3.46. The van der Waals surface area contributed by atoms with Crippen molar-refractivity contribution in [3.8, 4) is 0 Å². The van der Waals surface area contributed by atoms with E-state index < -0.39 is 71.4 Å². The predicted octanol–water partition coefficient (Wildman–Crippen LogP) is -2.02. The average Bonchev–Trinajstić information content (AvgIpc) is 2.59. The van der Waals surface area contributed by atoms with Crippen LogP contribution in [0.4, 0.5) is 10.5 Å². The molecule has 0 unspecified atom stereocenters. The van der Waals surface area contributed by atoms with Crippen LogP contribution >= 0.6 is 0 Å². The van der Waals surface area contributed by atoms with Crippen LogP contribution in [-0.4, -0.2) is 45.7 Å². The summed E-state index contributed by atoms with van der Waals surface area (Å²) in [6.45, 7) is 2.03. The third-order valence-corrected chi connectivity index (χ3v) is 9.20. The fourth-order valence-corrected chi connectivity index (χ4v) is 8.54. The van der Waals surface area contributed by atoms with Gasteiger partial charge in [0.15, 0.2) is 0 Å². The first-order valence-corrected chi connectivity index (χ1v) is 15.3. The molecule has 0 saturated heterocycles. The van der Waals surface area contributed by atoms with Crippen LogP contribution in [-0.2, 0) is 40.1 Å². The van der Waals surface area contributed by atoms with Crippen molar-refractivity contribution in [2.24, 2.45) is 26.5 Å². The second-order valence-electron chi connectivity index (χ2n) is 7.64. The van der Waals surface area contributed by atoms with E-state index in [0.29, 0.717) is 24.8 Å². The van der Waals surface area contributed by atoms with Crippen molar-refractivity contribution in [1.82, 2.24) is 5.32 Å². The highest BCUT2D eigenvalue weighted by Crippen LogP contribution is 2.37. The Hall–Kier alpha value is -1.87. The molecule has 15 nitrogen and oxygen atoms in total. The summed E-state index contributed by atoms with van der Waals surface area (Å²) in [6.07, 6.45) is 2.82. The number of carbonyl (C=O) groups excluding carboxylic acids is 1. The maximum absolute atomic E-state index is 12.5. The second kappa shape index (κ2) is 9.06. The molecule has 1 fully saturated rings. The molecular formula is C14H24N6O9S4. The van der Waals surface area contributed by atoms with Crippen molar-refractivity contribution in [1.29, 1.82) is 0 Å². The molecule has 0 spiro atoms. The Kier molecular flexibility index (Phi) is 7.51. The average molecular weight is 549 g/mol. The number of carbonyl (C=O) groups is 1. The SMILES string of the molecule is CC1CCC(NC(=O)Nc2cc(S(N)(=O)=O)c(S(N)(=O)=O)c(S(N)(=O)=O)c2S(N)(=O)=O)CC1. The maximum atomic E-state index is 12.5. The van der Waals surface area contributed by atoms with Gasteiger partial charge in [0.25, 0.3) is 0 Å². The van der Waals surface area contributed by atoms with Gasteiger partial charge in [-0.15, -0.1) is 0 Å². The quantitative estimate of drug-likeness (QED) is 0.228. The van der Waals surface area contributed by atoms with Gasteiger partial charge in [-0.25, -0.2) is 59.0 Å². The van der Waals surface area contributed by atoms with E-state index in [1.165, 1.54) is 0 Å². The Morgan fingerprint density at radius 1 is 0.758 bits per heavy atom. The first-order valence-electron chi connectivity index (χ1n) is 9.12. The van der Waals surface area contributed by atoms with E-state index in [1.807, 2.05) is 12.2 Å². The minimum atomic E-state index is -5.31. The molecule has 2 rings (SSSR count). The number of hydrogen-bond acceptors (Lipinski definition) is 9. The van der Waals surface area contributed by atoms with Gasteiger partial charge < -0.3 is 10.6 Å². The topological polar surface area (TPSA) is 282 Å². The summed E-state index contributed by atoms with van der Waals surface area (Å²) in [7, 11) is -20.7. The molecule has 0 aromatic heterocycles. The highest BCUT2D eigenvalue weighted by molar-refractivity contribution is 7.95. The minimum absolute atomic E-state index is 0.307. The summed E-state index contributed by atoms with van der Waals surface area (Å²) in [4.78, 5) is 6.14. The summed E-state index contributed by atoms with van der Waals surface area (Å²) in [5.74, 6) is 0.445. The molecular weight excluding hydrogens is 524 g/mol. The molecule has 188 valence electrons. The van der Waals surface area contributed by atoms with Gasteiger partial charge in [0.1, 0.15) is 19.6 Å². The van der Waals surface area contributed by atoms with Crippen LogP contribution in [0.1, 0.15) is 32.6 Å². The second-order valence-corrected chi connectivity index (χ2v) is 13.7. The zero-order chi connectivity index (χ0) is 25.6. The lowest BCUT2D eigenvalue weighted by Gasteiger charge is -2.27. The summed E-state index contributed by atoms with van der Waals surface area (Å²) < 4.78 is 97.1. The van der Waals surface area contributed by atoms with E-state index in [9.17, 15) is 38.5 Å². The van der Waals surface area contributed by atoms with Crippen molar-refractivity contribution in [2.75, 3.05) is 5.32 Å². The van der Waals surface area contributed by atoms with Crippen molar-refractivity contribution in [3.63, 3.8) is 0 Å². The molecule has 0 heterocycles. The number of rotatable bonds is 6. The molecule has 0 atom stereocenters. The van der Waals surface area contributed by atoms with Crippen LogP contribution in [0.25, 0.3) is 0 Å². The Bertz CT molecular complexity index is 1400. The standard InChI is InChI=1S/C14H24N6O9S4/c1-7-2-4-8(5-3-7)19-14(21)20-9-6-10(30(15,22)23)12(32(17,26)27)13(33(18,28)29)11(9)31(16,24)25/h6-8H,2-5H2,1H3,(H2,15,22,23)(H2,16,24,25)(H2,17,26,27)(H2,18,28,29)(H2,19,20,21). The molecule has 10 N–H and O–H groups in total. The molecule has 0 bridgehead atoms. The first kappa shape index (κ1) is 27.4. The number of sulfonamides is 4. The molecule has 1 aromatic rings. The highest BCUT2D eigenvalue weighted by atomic mass is 32.2. The predicted molar refractivity (Wildman–Crippen MR) is 116 cm³/mol. The number of nitrogens with two attached hydrogens (primary N) is 4. The van der Waals surface area contributed by atoms with Gasteiger partial charge in [0, 0.05) is 6.04 Å². The van der Waals surface area contributed by atoms with E-state index in [2.05, 4.69) is 5.32 Å². The zero-order valence-corrected chi connectivity index (χ0v) is 20.4. The molecule has 2 amide bonds. The Morgan fingerprint density at radius 2 is 1.21 bits per heavy atom. The van der Waals surface area contributed by atoms with Crippen LogP contribution in [0.2, 0.25) is 0 Å². The van der Waals surface area contributed by atoms with Crippen molar-refractivity contribution < 1.29 is 38.5 Å². The van der Waals surface area contributed by atoms with E-state index >= 15 is 0 Å². The van der Waals surface area contributed by atoms with E-state index in [4.69, 9.17) is 20.6 Å². The Morgan fingerprint density at radius 3 is 1.61 bits per heavy atom. The molecule has 1 aromatic carbocycles. The largest absolute Gasteiger partial charge is 0.335 e. The molecule has 1 saturated carbocycles. The lowest BCUT2D eigenvalue weighted by Crippen LogP contribution is -2.40. The molecule has 19 heteroatoms. The van der Waals surface area contributed by atoms with Crippen LogP contribution < -0.4 is 31.2 Å². The number of primary sulfonamides is 4. The maximum Gasteiger partial charge on any atom is 0.319 e. The molecule has 1 aliphatic carbocycles. The van der Waals surface area contributed by atoms with E-state index in [-0.39, 0.29) is 6.04 Å². The number of nitrogens with one attached hydrogen (secondary N) is 2. The Balaban J connectivity index is 2.82. The Labute approximate surface area is 191 Å². The van der Waals surface area contributed by atoms with Crippen molar-refractivity contribution in [2.45, 2.75) is 58.2 Å². The van der Waals surface area contributed by atoms with Gasteiger partial charge in [-0.2, -0.15) is 0 Å². The van der Waals surface area contributed by atoms with Crippen LogP contribution in [0.15, 0.2) is 25.6 Å². The summed E-state index contributed by atoms with van der Waals surface area (Å²) >= 11 is 0. The van der Waals surface area contributed by atoms with Gasteiger partial charge in [-0.3, -0.25) is 0 Å². The van der Waals surface area contributed by atoms with Crippen LogP contribution in [0.5, 0.6) is 0 Å². The number of benzene rings is 1. The monoisotopic (exact) mass is 548 g/mol. The lowest BCUT2D eigenvalue weighted by atomic mass is 9.87. The number of amides is 2. The first-order chi connectivity index (χ1) is 14.7. The van der Waals surface area contributed by atoms with Crippen LogP contribution in [0, 0.1) is 5.92 Å². The molecule has 0 radical (unpaired) electrons.